The number of thiophene rings is 1. The number of carbonyl (C=O) groups is 1. The van der Waals surface area contributed by atoms with Crippen molar-refractivity contribution in [1.82, 2.24) is 9.88 Å². The van der Waals surface area contributed by atoms with Crippen LogP contribution in [0.2, 0.25) is 0 Å². The van der Waals surface area contributed by atoms with Crippen molar-refractivity contribution in [2.24, 2.45) is 0 Å². The molecule has 1 aliphatic heterocycles. The van der Waals surface area contributed by atoms with E-state index in [1.54, 1.807) is 11.3 Å². The maximum atomic E-state index is 12.1. The number of benzene rings is 2. The molecule has 3 heterocycles. The van der Waals surface area contributed by atoms with E-state index in [2.05, 4.69) is 58.4 Å². The van der Waals surface area contributed by atoms with Crippen molar-refractivity contribution < 1.29 is 9.90 Å². The number of likely N-dealkylation sites (tertiary alicyclic amines) is 1. The van der Waals surface area contributed by atoms with Crippen LogP contribution < -0.4 is 0 Å². The maximum Gasteiger partial charge on any atom is 0.320 e. The summed E-state index contributed by atoms with van der Waals surface area (Å²) in [5.41, 5.74) is 1.14. The fourth-order valence-corrected chi connectivity index (χ4v) is 5.67. The van der Waals surface area contributed by atoms with Crippen LogP contribution in [-0.4, -0.2) is 33.5 Å². The van der Waals surface area contributed by atoms with Crippen LogP contribution in [0.15, 0.2) is 67.0 Å². The van der Waals surface area contributed by atoms with Crippen molar-refractivity contribution in [3.05, 3.63) is 77.4 Å². The molecule has 4 nitrogen and oxygen atoms in total. The predicted molar refractivity (Wildman–Crippen MR) is 117 cm³/mol. The van der Waals surface area contributed by atoms with Gasteiger partial charge in [-0.3, -0.25) is 14.7 Å². The molecule has 146 valence electrons. The summed E-state index contributed by atoms with van der Waals surface area (Å²) in [5.74, 6) is -0.721. The number of rotatable bonds is 4. The molecule has 0 spiro atoms. The van der Waals surface area contributed by atoms with Gasteiger partial charge in [-0.05, 0) is 60.0 Å². The van der Waals surface area contributed by atoms with Crippen molar-refractivity contribution in [2.45, 2.75) is 31.3 Å². The molecular weight excluding hydrogens is 380 g/mol. The topological polar surface area (TPSA) is 53.4 Å². The first kappa shape index (κ1) is 18.3. The molecule has 0 aliphatic carbocycles. The summed E-state index contributed by atoms with van der Waals surface area (Å²) in [6.45, 7) is 0.796. The largest absolute Gasteiger partial charge is 0.480 e. The molecule has 1 aliphatic rings. The third-order valence-electron chi connectivity index (χ3n) is 5.86. The molecular formula is C24H22N2O2S. The van der Waals surface area contributed by atoms with Gasteiger partial charge in [-0.15, -0.1) is 11.3 Å². The Labute approximate surface area is 173 Å². The Morgan fingerprint density at radius 2 is 1.97 bits per heavy atom. The molecule has 4 aromatic rings. The van der Waals surface area contributed by atoms with Crippen LogP contribution in [0.3, 0.4) is 0 Å². The molecule has 5 heteroatoms. The Kier molecular flexibility index (Phi) is 4.78. The lowest BCUT2D eigenvalue weighted by Gasteiger charge is -2.39. The first-order valence-electron chi connectivity index (χ1n) is 10.0. The van der Waals surface area contributed by atoms with Crippen molar-refractivity contribution in [3.63, 3.8) is 0 Å². The first-order valence-corrected chi connectivity index (χ1v) is 10.8. The average Bonchev–Trinajstić information content (AvgIpc) is 3.17. The minimum atomic E-state index is -0.721. The van der Waals surface area contributed by atoms with Crippen molar-refractivity contribution in [3.8, 4) is 0 Å². The number of carboxylic acid groups (broad SMARTS) is 1. The number of aromatic nitrogens is 1. The Morgan fingerprint density at radius 3 is 2.83 bits per heavy atom. The van der Waals surface area contributed by atoms with Crippen LogP contribution in [0.25, 0.3) is 20.9 Å². The van der Waals surface area contributed by atoms with Crippen LogP contribution >= 0.6 is 11.3 Å². The zero-order chi connectivity index (χ0) is 19.8. The van der Waals surface area contributed by atoms with Crippen LogP contribution in [-0.2, 0) is 4.79 Å². The maximum absolute atomic E-state index is 12.1. The summed E-state index contributed by atoms with van der Waals surface area (Å²) in [6, 6.07) is 18.5. The summed E-state index contributed by atoms with van der Waals surface area (Å²) in [6.07, 6.45) is 6.38. The van der Waals surface area contributed by atoms with Crippen molar-refractivity contribution >= 4 is 38.2 Å². The smallest absolute Gasteiger partial charge is 0.320 e. The van der Waals surface area contributed by atoms with E-state index < -0.39 is 12.0 Å². The van der Waals surface area contributed by atoms with Crippen LogP contribution in [0, 0.1) is 0 Å². The lowest BCUT2D eigenvalue weighted by Crippen LogP contribution is -2.46. The standard InChI is InChI=1S/C24H22N2O2S/c27-24(28)20-6-3-4-12-26(20)23(22-14-17-5-1-2-7-21(17)29-22)18-8-9-19-15-25-11-10-16(19)13-18/h1-2,5,7-11,13-15,20,23H,3-4,6,12H2,(H,27,28). The normalized spacial score (nSPS) is 18.8. The highest BCUT2D eigenvalue weighted by molar-refractivity contribution is 7.19. The number of carboxylic acids is 1. The molecule has 1 fully saturated rings. The molecule has 0 radical (unpaired) electrons. The highest BCUT2D eigenvalue weighted by atomic mass is 32.1. The minimum Gasteiger partial charge on any atom is -0.480 e. The van der Waals surface area contributed by atoms with E-state index in [1.165, 1.54) is 15.0 Å². The Morgan fingerprint density at radius 1 is 1.07 bits per heavy atom. The third-order valence-corrected chi connectivity index (χ3v) is 7.02. The second-order valence-electron chi connectivity index (χ2n) is 7.66. The molecule has 0 amide bonds. The number of nitrogens with zero attached hydrogens (tertiary/aromatic N) is 2. The SMILES string of the molecule is O=C(O)C1CCCCN1C(c1ccc2cnccc2c1)c1cc2ccccc2s1. The van der Waals surface area contributed by atoms with E-state index in [1.807, 2.05) is 18.5 Å². The fourth-order valence-electron chi connectivity index (χ4n) is 4.46. The first-order chi connectivity index (χ1) is 14.2. The van der Waals surface area contributed by atoms with E-state index in [9.17, 15) is 9.90 Å². The summed E-state index contributed by atoms with van der Waals surface area (Å²) in [5, 5.41) is 13.4. The van der Waals surface area contributed by atoms with Crippen LogP contribution in [0.4, 0.5) is 0 Å². The lowest BCUT2D eigenvalue weighted by atomic mass is 9.94. The molecule has 1 saturated heterocycles. The molecule has 29 heavy (non-hydrogen) atoms. The summed E-state index contributed by atoms with van der Waals surface area (Å²) in [7, 11) is 0. The van der Waals surface area contributed by atoms with Crippen LogP contribution in [0.1, 0.15) is 35.7 Å². The van der Waals surface area contributed by atoms with Gasteiger partial charge in [0.2, 0.25) is 0 Å². The van der Waals surface area contributed by atoms with Gasteiger partial charge in [0.15, 0.2) is 0 Å². The number of hydrogen-bond donors (Lipinski definition) is 1. The van der Waals surface area contributed by atoms with E-state index in [0.717, 1.165) is 35.7 Å². The number of hydrogen-bond acceptors (Lipinski definition) is 4. The number of fused-ring (bicyclic) bond motifs is 2. The molecule has 2 unspecified atom stereocenters. The quantitative estimate of drug-likeness (QED) is 0.491. The molecule has 5 rings (SSSR count). The zero-order valence-electron chi connectivity index (χ0n) is 16.0. The highest BCUT2D eigenvalue weighted by Gasteiger charge is 2.35. The van der Waals surface area contributed by atoms with Gasteiger partial charge in [-0.2, -0.15) is 0 Å². The van der Waals surface area contributed by atoms with Crippen molar-refractivity contribution in [1.29, 1.82) is 0 Å². The van der Waals surface area contributed by atoms with Gasteiger partial charge in [-0.1, -0.05) is 36.8 Å². The van der Waals surface area contributed by atoms with Gasteiger partial charge in [0.1, 0.15) is 6.04 Å². The van der Waals surface area contributed by atoms with E-state index in [4.69, 9.17) is 0 Å². The van der Waals surface area contributed by atoms with Gasteiger partial charge < -0.3 is 5.11 Å². The Hall–Kier alpha value is -2.76. The van der Waals surface area contributed by atoms with Crippen molar-refractivity contribution in [2.75, 3.05) is 6.54 Å². The monoisotopic (exact) mass is 402 g/mol. The van der Waals surface area contributed by atoms with E-state index >= 15 is 0 Å². The van der Waals surface area contributed by atoms with Crippen LogP contribution in [0.5, 0.6) is 0 Å². The number of pyridine rings is 1. The molecule has 0 bridgehead atoms. The lowest BCUT2D eigenvalue weighted by molar-refractivity contribution is -0.145. The molecule has 0 saturated carbocycles. The third kappa shape index (κ3) is 3.41. The van der Waals surface area contributed by atoms with Gasteiger partial charge in [-0.25, -0.2) is 0 Å². The Bertz CT molecular complexity index is 1150. The zero-order valence-corrected chi connectivity index (χ0v) is 16.8. The predicted octanol–water partition coefficient (Wildman–Crippen LogP) is 5.48. The summed E-state index contributed by atoms with van der Waals surface area (Å²) in [4.78, 5) is 19.7. The second-order valence-corrected chi connectivity index (χ2v) is 8.77. The second kappa shape index (κ2) is 7.58. The minimum absolute atomic E-state index is 0.0636. The molecule has 2 atom stereocenters. The van der Waals surface area contributed by atoms with Gasteiger partial charge in [0.05, 0.1) is 6.04 Å². The van der Waals surface area contributed by atoms with Gasteiger partial charge in [0.25, 0.3) is 0 Å². The highest BCUT2D eigenvalue weighted by Crippen LogP contribution is 2.40. The average molecular weight is 403 g/mol. The van der Waals surface area contributed by atoms with E-state index in [-0.39, 0.29) is 6.04 Å². The Balaban J connectivity index is 1.67. The summed E-state index contributed by atoms with van der Waals surface area (Å²) >= 11 is 1.77. The van der Waals surface area contributed by atoms with Gasteiger partial charge in [0, 0.05) is 27.4 Å². The number of piperidine rings is 1. The molecule has 1 N–H and O–H groups in total. The fraction of sp³-hybridized carbons (Fsp3) is 0.250. The summed E-state index contributed by atoms with van der Waals surface area (Å²) < 4.78 is 1.24. The van der Waals surface area contributed by atoms with Gasteiger partial charge >= 0.3 is 5.97 Å². The number of aliphatic carboxylic acids is 1. The van der Waals surface area contributed by atoms with E-state index in [0.29, 0.717) is 6.42 Å². The molecule has 2 aromatic heterocycles. The molecule has 2 aromatic carbocycles.